The van der Waals surface area contributed by atoms with E-state index >= 15 is 0 Å². The Morgan fingerprint density at radius 1 is 1.00 bits per heavy atom. The van der Waals surface area contributed by atoms with Gasteiger partial charge in [-0.2, -0.15) is 5.26 Å². The smallest absolute Gasteiger partial charge is 0.237 e. The summed E-state index contributed by atoms with van der Waals surface area (Å²) in [4.78, 5) is 18.2. The number of aromatic nitrogens is 1. The minimum absolute atomic E-state index is 0.139. The second-order valence-electron chi connectivity index (χ2n) is 8.63. The zero-order chi connectivity index (χ0) is 27.1. The number of benzene rings is 3. The molecule has 0 aliphatic heterocycles. The van der Waals surface area contributed by atoms with E-state index in [9.17, 15) is 10.1 Å². The van der Waals surface area contributed by atoms with Crippen LogP contribution < -0.4 is 14.8 Å². The van der Waals surface area contributed by atoms with Crippen LogP contribution in [0.2, 0.25) is 0 Å². The van der Waals surface area contributed by atoms with Gasteiger partial charge in [-0.15, -0.1) is 0 Å². The van der Waals surface area contributed by atoms with Gasteiger partial charge in [0.2, 0.25) is 5.91 Å². The van der Waals surface area contributed by atoms with Gasteiger partial charge in [0.25, 0.3) is 0 Å². The van der Waals surface area contributed by atoms with Crippen molar-refractivity contribution in [2.75, 3.05) is 19.5 Å². The van der Waals surface area contributed by atoms with Crippen molar-refractivity contribution in [3.8, 4) is 40.0 Å². The van der Waals surface area contributed by atoms with Gasteiger partial charge in [-0.3, -0.25) is 4.79 Å². The molecular formula is C31H29N3O3S. The maximum Gasteiger partial charge on any atom is 0.237 e. The van der Waals surface area contributed by atoms with E-state index in [0.717, 1.165) is 16.8 Å². The first kappa shape index (κ1) is 26.8. The summed E-state index contributed by atoms with van der Waals surface area (Å²) >= 11 is 1.29. The summed E-state index contributed by atoms with van der Waals surface area (Å²) in [5.41, 5.74) is 5.14. The van der Waals surface area contributed by atoms with Crippen molar-refractivity contribution in [3.63, 3.8) is 0 Å². The maximum absolute atomic E-state index is 13.3. The van der Waals surface area contributed by atoms with E-state index in [-0.39, 0.29) is 5.91 Å². The van der Waals surface area contributed by atoms with Crippen LogP contribution in [0.3, 0.4) is 0 Å². The minimum Gasteiger partial charge on any atom is -0.493 e. The highest BCUT2D eigenvalue weighted by molar-refractivity contribution is 8.00. The number of rotatable bonds is 9. The van der Waals surface area contributed by atoms with Gasteiger partial charge >= 0.3 is 0 Å². The Labute approximate surface area is 227 Å². The van der Waals surface area contributed by atoms with Gasteiger partial charge in [0.15, 0.2) is 11.5 Å². The molecule has 4 aromatic rings. The normalized spacial score (nSPS) is 11.3. The molecule has 0 spiro atoms. The molecule has 7 heteroatoms. The molecule has 1 heterocycles. The predicted octanol–water partition coefficient (Wildman–Crippen LogP) is 7.12. The van der Waals surface area contributed by atoms with Crippen molar-refractivity contribution >= 4 is 23.4 Å². The third kappa shape index (κ3) is 5.82. The average molecular weight is 524 g/mol. The topological polar surface area (TPSA) is 84.2 Å². The Kier molecular flexibility index (Phi) is 8.67. The van der Waals surface area contributed by atoms with Crippen LogP contribution in [0.1, 0.15) is 24.5 Å². The van der Waals surface area contributed by atoms with E-state index in [4.69, 9.17) is 14.5 Å². The van der Waals surface area contributed by atoms with Gasteiger partial charge in [-0.05, 0) is 43.2 Å². The Bertz CT molecular complexity index is 1480. The first-order valence-corrected chi connectivity index (χ1v) is 13.1. The summed E-state index contributed by atoms with van der Waals surface area (Å²) in [6.45, 7) is 3.93. The number of nitrogens with zero attached hydrogens (tertiary/aromatic N) is 2. The first-order chi connectivity index (χ1) is 18.5. The largest absolute Gasteiger partial charge is 0.493 e. The second-order valence-corrected chi connectivity index (χ2v) is 9.82. The third-order valence-electron chi connectivity index (χ3n) is 6.06. The number of nitrogens with one attached hydrogen (secondary N) is 1. The Morgan fingerprint density at radius 2 is 1.76 bits per heavy atom. The molecule has 3 aromatic carbocycles. The van der Waals surface area contributed by atoms with Crippen molar-refractivity contribution in [1.29, 1.82) is 5.26 Å². The molecule has 0 saturated heterocycles. The molecule has 38 heavy (non-hydrogen) atoms. The lowest BCUT2D eigenvalue weighted by atomic mass is 9.98. The number of anilines is 1. The fourth-order valence-corrected chi connectivity index (χ4v) is 5.21. The van der Waals surface area contributed by atoms with E-state index in [1.807, 2.05) is 92.7 Å². The fraction of sp³-hybridized carbons (Fsp3) is 0.194. The fourth-order valence-electron chi connectivity index (χ4n) is 4.19. The lowest BCUT2D eigenvalue weighted by molar-refractivity contribution is -0.115. The first-order valence-electron chi connectivity index (χ1n) is 12.2. The molecule has 1 amide bonds. The number of ether oxygens (including phenoxy) is 2. The number of amides is 1. The molecule has 0 radical (unpaired) electrons. The third-order valence-corrected chi connectivity index (χ3v) is 7.41. The van der Waals surface area contributed by atoms with E-state index in [1.54, 1.807) is 14.2 Å². The molecule has 192 valence electrons. The number of hydrogen-bond acceptors (Lipinski definition) is 6. The number of aryl methyl sites for hydroxylation is 1. The lowest BCUT2D eigenvalue weighted by Gasteiger charge is -2.19. The summed E-state index contributed by atoms with van der Waals surface area (Å²) in [5.74, 6) is 0.946. The molecule has 6 nitrogen and oxygen atoms in total. The Balaban J connectivity index is 1.83. The van der Waals surface area contributed by atoms with Crippen LogP contribution in [-0.2, 0) is 4.79 Å². The van der Waals surface area contributed by atoms with Gasteiger partial charge in [0, 0.05) is 22.4 Å². The highest BCUT2D eigenvalue weighted by Crippen LogP contribution is 2.43. The second kappa shape index (κ2) is 12.3. The van der Waals surface area contributed by atoms with Gasteiger partial charge in [-0.25, -0.2) is 4.98 Å². The highest BCUT2D eigenvalue weighted by Gasteiger charge is 2.25. The van der Waals surface area contributed by atoms with Crippen LogP contribution in [0.15, 0.2) is 83.9 Å². The number of carbonyl (C=O) groups excluding carboxylic acids is 1. The van der Waals surface area contributed by atoms with Crippen LogP contribution in [-0.4, -0.2) is 30.4 Å². The number of hydrogen-bond donors (Lipinski definition) is 1. The van der Waals surface area contributed by atoms with Crippen molar-refractivity contribution in [3.05, 3.63) is 90.0 Å². The molecule has 0 aliphatic rings. The van der Waals surface area contributed by atoms with Gasteiger partial charge < -0.3 is 14.8 Å². The number of pyridine rings is 1. The van der Waals surface area contributed by atoms with E-state index in [1.165, 1.54) is 11.8 Å². The number of para-hydroxylation sites is 1. The molecular weight excluding hydrogens is 494 g/mol. The molecule has 1 unspecified atom stereocenters. The minimum atomic E-state index is -0.457. The van der Waals surface area contributed by atoms with Gasteiger partial charge in [0.1, 0.15) is 11.1 Å². The van der Waals surface area contributed by atoms with E-state index < -0.39 is 5.25 Å². The van der Waals surface area contributed by atoms with E-state index in [0.29, 0.717) is 45.3 Å². The van der Waals surface area contributed by atoms with Crippen LogP contribution in [0, 0.1) is 18.3 Å². The Hall–Kier alpha value is -4.28. The van der Waals surface area contributed by atoms with Crippen LogP contribution in [0.5, 0.6) is 11.5 Å². The summed E-state index contributed by atoms with van der Waals surface area (Å²) in [6.07, 6.45) is 0.558. The Morgan fingerprint density at radius 3 is 2.42 bits per heavy atom. The summed E-state index contributed by atoms with van der Waals surface area (Å²) in [6, 6.07) is 27.2. The SMILES string of the molecule is CCC(Sc1nc(-c2ccccc2)cc(-c2cccc(OC)c2OC)c1C#N)C(=O)Nc1cccc(C)c1. The van der Waals surface area contributed by atoms with Gasteiger partial charge in [-0.1, -0.05) is 73.3 Å². The van der Waals surface area contributed by atoms with Crippen molar-refractivity contribution in [2.45, 2.75) is 30.5 Å². The number of nitriles is 1. The quantitative estimate of drug-likeness (QED) is 0.235. The van der Waals surface area contributed by atoms with Crippen LogP contribution in [0.25, 0.3) is 22.4 Å². The summed E-state index contributed by atoms with van der Waals surface area (Å²) in [7, 11) is 3.15. The van der Waals surface area contributed by atoms with Crippen LogP contribution in [0.4, 0.5) is 5.69 Å². The molecule has 1 N–H and O–H groups in total. The molecule has 0 aliphatic carbocycles. The molecule has 1 atom stereocenters. The standard InChI is InChI=1S/C31H29N3O3S/c1-5-28(30(35)33-22-14-9-11-20(2)17-22)38-31-25(19-32)24(18-26(34-31)21-12-7-6-8-13-21)23-15-10-16-27(36-3)29(23)37-4/h6-18,28H,5H2,1-4H3,(H,33,35). The van der Waals surface area contributed by atoms with Gasteiger partial charge in [0.05, 0.1) is 30.7 Å². The number of thioether (sulfide) groups is 1. The maximum atomic E-state index is 13.3. The average Bonchev–Trinajstić information content (AvgIpc) is 2.95. The monoisotopic (exact) mass is 523 g/mol. The lowest BCUT2D eigenvalue weighted by Crippen LogP contribution is -2.25. The predicted molar refractivity (Wildman–Crippen MR) is 153 cm³/mol. The van der Waals surface area contributed by atoms with Crippen LogP contribution >= 0.6 is 11.8 Å². The highest BCUT2D eigenvalue weighted by atomic mass is 32.2. The molecule has 1 aromatic heterocycles. The summed E-state index contributed by atoms with van der Waals surface area (Å²) < 4.78 is 11.2. The number of methoxy groups -OCH3 is 2. The van der Waals surface area contributed by atoms with Crippen molar-refractivity contribution in [1.82, 2.24) is 4.98 Å². The summed E-state index contributed by atoms with van der Waals surface area (Å²) in [5, 5.41) is 13.4. The molecule has 4 rings (SSSR count). The zero-order valence-electron chi connectivity index (χ0n) is 21.8. The van der Waals surface area contributed by atoms with Crippen molar-refractivity contribution < 1.29 is 14.3 Å². The zero-order valence-corrected chi connectivity index (χ0v) is 22.6. The molecule has 0 saturated carbocycles. The van der Waals surface area contributed by atoms with Crippen molar-refractivity contribution in [2.24, 2.45) is 0 Å². The molecule has 0 fully saturated rings. The van der Waals surface area contributed by atoms with E-state index in [2.05, 4.69) is 11.4 Å². The number of carbonyl (C=O) groups is 1. The molecule has 0 bridgehead atoms.